The Balaban J connectivity index is 3.35. The summed E-state index contributed by atoms with van der Waals surface area (Å²) in [6.07, 6.45) is 0.863. The third kappa shape index (κ3) is 1.86. The van der Waals surface area contributed by atoms with E-state index in [0.29, 0.717) is 6.54 Å². The van der Waals surface area contributed by atoms with Gasteiger partial charge in [0.15, 0.2) is 0 Å². The smallest absolute Gasteiger partial charge is 0.273 e. The number of aromatic nitrogens is 1. The maximum atomic E-state index is 11.5. The molecule has 0 aliphatic carbocycles. The molecular formula is C9H12ClNO2. The van der Waals surface area contributed by atoms with Gasteiger partial charge in [0.25, 0.3) is 5.56 Å². The molecule has 1 rings (SSSR count). The van der Waals surface area contributed by atoms with E-state index in [1.807, 2.05) is 6.92 Å². The fourth-order valence-electron chi connectivity index (χ4n) is 1.23. The van der Waals surface area contributed by atoms with E-state index >= 15 is 0 Å². The molecule has 13 heavy (non-hydrogen) atoms. The molecule has 1 heterocycles. The number of rotatable bonds is 2. The van der Waals surface area contributed by atoms with Crippen LogP contribution in [0, 0.1) is 6.92 Å². The standard InChI is InChI=1S/C9H12ClNO2/c1-3-4-11-6(2)5-7(12)8(10)9(11)13/h5,12H,3-4H2,1-2H3. The monoisotopic (exact) mass is 201 g/mol. The van der Waals surface area contributed by atoms with Crippen LogP contribution in [0.5, 0.6) is 5.75 Å². The molecule has 0 amide bonds. The van der Waals surface area contributed by atoms with E-state index in [0.717, 1.165) is 12.1 Å². The molecule has 1 aromatic rings. The molecule has 0 atom stereocenters. The molecule has 0 aliphatic rings. The number of hydrogen-bond acceptors (Lipinski definition) is 2. The van der Waals surface area contributed by atoms with Crippen molar-refractivity contribution in [3.63, 3.8) is 0 Å². The Morgan fingerprint density at radius 2 is 2.23 bits per heavy atom. The van der Waals surface area contributed by atoms with Gasteiger partial charge in [-0.05, 0) is 13.3 Å². The Hall–Kier alpha value is -0.960. The highest BCUT2D eigenvalue weighted by Gasteiger charge is 2.08. The van der Waals surface area contributed by atoms with E-state index in [2.05, 4.69) is 0 Å². The van der Waals surface area contributed by atoms with Gasteiger partial charge in [-0.3, -0.25) is 4.79 Å². The number of aromatic hydroxyl groups is 1. The van der Waals surface area contributed by atoms with Crippen LogP contribution >= 0.6 is 11.6 Å². The summed E-state index contributed by atoms with van der Waals surface area (Å²) in [6.45, 7) is 4.38. The lowest BCUT2D eigenvalue weighted by Gasteiger charge is -2.09. The molecule has 1 aromatic heterocycles. The maximum absolute atomic E-state index is 11.5. The molecule has 72 valence electrons. The van der Waals surface area contributed by atoms with Crippen LogP contribution in [-0.4, -0.2) is 9.67 Å². The minimum atomic E-state index is -0.319. The Bertz CT molecular complexity index is 371. The summed E-state index contributed by atoms with van der Waals surface area (Å²) in [5.74, 6) is -0.142. The van der Waals surface area contributed by atoms with Gasteiger partial charge in [-0.15, -0.1) is 0 Å². The Morgan fingerprint density at radius 1 is 1.62 bits per heavy atom. The number of aryl methyl sites for hydroxylation is 1. The lowest BCUT2D eigenvalue weighted by atomic mass is 10.3. The molecule has 0 bridgehead atoms. The van der Waals surface area contributed by atoms with Gasteiger partial charge in [-0.1, -0.05) is 18.5 Å². The van der Waals surface area contributed by atoms with Crippen LogP contribution in [0.3, 0.4) is 0 Å². The largest absolute Gasteiger partial charge is 0.506 e. The van der Waals surface area contributed by atoms with E-state index in [4.69, 9.17) is 11.6 Å². The quantitative estimate of drug-likeness (QED) is 0.795. The van der Waals surface area contributed by atoms with E-state index < -0.39 is 0 Å². The molecule has 0 aliphatic heterocycles. The average Bonchev–Trinajstić information content (AvgIpc) is 2.09. The number of pyridine rings is 1. The van der Waals surface area contributed by atoms with Gasteiger partial charge in [0.05, 0.1) is 0 Å². The zero-order valence-corrected chi connectivity index (χ0v) is 8.43. The normalized spacial score (nSPS) is 10.4. The molecular weight excluding hydrogens is 190 g/mol. The summed E-state index contributed by atoms with van der Waals surface area (Å²) < 4.78 is 1.56. The van der Waals surface area contributed by atoms with Crippen molar-refractivity contribution in [3.8, 4) is 5.75 Å². The molecule has 0 spiro atoms. The minimum absolute atomic E-state index is 0.0981. The SMILES string of the molecule is CCCn1c(C)cc(O)c(Cl)c1=O. The van der Waals surface area contributed by atoms with Gasteiger partial charge >= 0.3 is 0 Å². The van der Waals surface area contributed by atoms with Gasteiger partial charge in [0.1, 0.15) is 10.8 Å². The van der Waals surface area contributed by atoms with Crippen LogP contribution in [0.1, 0.15) is 19.0 Å². The highest BCUT2D eigenvalue weighted by Crippen LogP contribution is 2.19. The third-order valence-corrected chi connectivity index (χ3v) is 2.23. The summed E-state index contributed by atoms with van der Waals surface area (Å²) in [7, 11) is 0. The molecule has 0 aromatic carbocycles. The fraction of sp³-hybridized carbons (Fsp3) is 0.444. The lowest BCUT2D eigenvalue weighted by Crippen LogP contribution is -2.22. The van der Waals surface area contributed by atoms with Crippen molar-refractivity contribution < 1.29 is 5.11 Å². The Kier molecular flexibility index (Phi) is 2.98. The Morgan fingerprint density at radius 3 is 2.77 bits per heavy atom. The van der Waals surface area contributed by atoms with Gasteiger partial charge in [-0.2, -0.15) is 0 Å². The molecule has 4 heteroatoms. The summed E-state index contributed by atoms with van der Waals surface area (Å²) in [6, 6.07) is 1.50. The molecule has 0 saturated carbocycles. The van der Waals surface area contributed by atoms with Crippen molar-refractivity contribution in [2.24, 2.45) is 0 Å². The second-order valence-electron chi connectivity index (χ2n) is 2.94. The number of halogens is 1. The minimum Gasteiger partial charge on any atom is -0.506 e. The second kappa shape index (κ2) is 3.83. The Labute approximate surface area is 81.6 Å². The average molecular weight is 202 g/mol. The summed E-state index contributed by atoms with van der Waals surface area (Å²) in [4.78, 5) is 11.5. The third-order valence-electron chi connectivity index (χ3n) is 1.88. The van der Waals surface area contributed by atoms with Crippen molar-refractivity contribution in [2.75, 3.05) is 0 Å². The van der Waals surface area contributed by atoms with E-state index in [9.17, 15) is 9.90 Å². The molecule has 0 unspecified atom stereocenters. The van der Waals surface area contributed by atoms with Crippen LogP contribution in [0.25, 0.3) is 0 Å². The van der Waals surface area contributed by atoms with Crippen molar-refractivity contribution in [1.82, 2.24) is 4.57 Å². The zero-order chi connectivity index (χ0) is 10.0. The van der Waals surface area contributed by atoms with E-state index in [1.165, 1.54) is 6.07 Å². The number of nitrogens with zero attached hydrogens (tertiary/aromatic N) is 1. The predicted octanol–water partition coefficient (Wildman–Crippen LogP) is 1.93. The highest BCUT2D eigenvalue weighted by atomic mass is 35.5. The first-order valence-electron chi connectivity index (χ1n) is 4.16. The molecule has 0 fully saturated rings. The first kappa shape index (κ1) is 10.1. The molecule has 1 N–H and O–H groups in total. The first-order valence-corrected chi connectivity index (χ1v) is 4.54. The lowest BCUT2D eigenvalue weighted by molar-refractivity contribution is 0.469. The number of hydrogen-bond donors (Lipinski definition) is 1. The van der Waals surface area contributed by atoms with Crippen molar-refractivity contribution in [2.45, 2.75) is 26.8 Å². The van der Waals surface area contributed by atoms with Crippen LogP contribution in [0.15, 0.2) is 10.9 Å². The van der Waals surface area contributed by atoms with Crippen LogP contribution in [-0.2, 0) is 6.54 Å². The maximum Gasteiger partial charge on any atom is 0.273 e. The van der Waals surface area contributed by atoms with Gasteiger partial charge in [-0.25, -0.2) is 0 Å². The van der Waals surface area contributed by atoms with Gasteiger partial charge in [0, 0.05) is 18.3 Å². The molecule has 0 radical (unpaired) electrons. The second-order valence-corrected chi connectivity index (χ2v) is 3.32. The summed E-state index contributed by atoms with van der Waals surface area (Å²) >= 11 is 5.61. The van der Waals surface area contributed by atoms with E-state index in [-0.39, 0.29) is 16.3 Å². The molecule has 0 saturated heterocycles. The van der Waals surface area contributed by atoms with Crippen molar-refractivity contribution >= 4 is 11.6 Å². The fourth-order valence-corrected chi connectivity index (χ4v) is 1.39. The van der Waals surface area contributed by atoms with Gasteiger partial charge < -0.3 is 9.67 Å². The topological polar surface area (TPSA) is 42.2 Å². The zero-order valence-electron chi connectivity index (χ0n) is 7.67. The van der Waals surface area contributed by atoms with Crippen molar-refractivity contribution in [1.29, 1.82) is 0 Å². The summed E-state index contributed by atoms with van der Waals surface area (Å²) in [5, 5.41) is 9.13. The highest BCUT2D eigenvalue weighted by molar-refractivity contribution is 6.31. The van der Waals surface area contributed by atoms with Gasteiger partial charge in [0.2, 0.25) is 0 Å². The summed E-state index contributed by atoms with van der Waals surface area (Å²) in [5.41, 5.74) is 0.412. The molecule has 3 nitrogen and oxygen atoms in total. The van der Waals surface area contributed by atoms with E-state index in [1.54, 1.807) is 11.5 Å². The van der Waals surface area contributed by atoms with Crippen LogP contribution in [0.2, 0.25) is 5.02 Å². The first-order chi connectivity index (χ1) is 6.07. The van der Waals surface area contributed by atoms with Crippen LogP contribution < -0.4 is 5.56 Å². The van der Waals surface area contributed by atoms with Crippen molar-refractivity contribution in [3.05, 3.63) is 27.1 Å². The van der Waals surface area contributed by atoms with Crippen LogP contribution in [0.4, 0.5) is 0 Å². The predicted molar refractivity (Wildman–Crippen MR) is 52.4 cm³/mol.